The number of carbonyl (C=O) groups excluding carboxylic acids is 1. The van der Waals surface area contributed by atoms with Crippen molar-refractivity contribution in [3.63, 3.8) is 0 Å². The summed E-state index contributed by atoms with van der Waals surface area (Å²) in [4.78, 5) is 18.7. The molecular weight excluding hydrogens is 339 g/mol. The van der Waals surface area contributed by atoms with Crippen LogP contribution in [0.4, 0.5) is 4.39 Å². The van der Waals surface area contributed by atoms with Crippen LogP contribution in [0.2, 0.25) is 0 Å². The van der Waals surface area contributed by atoms with Gasteiger partial charge in [0.1, 0.15) is 5.82 Å². The summed E-state index contributed by atoms with van der Waals surface area (Å²) < 4.78 is 13.6. The molecule has 0 aromatic heterocycles. The molecule has 0 spiro atoms. The van der Waals surface area contributed by atoms with Gasteiger partial charge in [-0.25, -0.2) is 4.39 Å². The van der Waals surface area contributed by atoms with Gasteiger partial charge in [-0.15, -0.1) is 11.8 Å². The number of halogens is 1. The Labute approximate surface area is 153 Å². The molecule has 2 N–H and O–H groups in total. The smallest absolute Gasteiger partial charge is 0.222 e. The summed E-state index contributed by atoms with van der Waals surface area (Å²) in [5.74, 6) is 1.61. The molecule has 0 saturated carbocycles. The lowest BCUT2D eigenvalue weighted by Gasteiger charge is -2.15. The quantitative estimate of drug-likeness (QED) is 0.305. The van der Waals surface area contributed by atoms with Crippen LogP contribution in [0, 0.1) is 5.82 Å². The molecule has 0 unspecified atom stereocenters. The zero-order valence-electron chi connectivity index (χ0n) is 14.8. The van der Waals surface area contributed by atoms with Gasteiger partial charge in [0.25, 0.3) is 0 Å². The fraction of sp³-hybridized carbons (Fsp3) is 0.556. The maximum atomic E-state index is 13.6. The Kier molecular flexibility index (Phi) is 8.59. The third-order valence-electron chi connectivity index (χ3n) is 3.86. The largest absolute Gasteiger partial charge is 0.357 e. The summed E-state index contributed by atoms with van der Waals surface area (Å²) in [6.45, 7) is 5.86. The van der Waals surface area contributed by atoms with Crippen molar-refractivity contribution < 1.29 is 9.18 Å². The molecule has 0 aliphatic carbocycles. The molecule has 0 bridgehead atoms. The Bertz CT molecular complexity index is 582. The lowest BCUT2D eigenvalue weighted by Crippen LogP contribution is -2.38. The summed E-state index contributed by atoms with van der Waals surface area (Å²) >= 11 is 1.49. The number of rotatable bonds is 9. The van der Waals surface area contributed by atoms with Gasteiger partial charge in [0, 0.05) is 49.8 Å². The van der Waals surface area contributed by atoms with Gasteiger partial charge in [-0.1, -0.05) is 12.1 Å². The van der Waals surface area contributed by atoms with Crippen LogP contribution in [-0.4, -0.2) is 55.2 Å². The molecule has 1 amide bonds. The van der Waals surface area contributed by atoms with E-state index in [1.807, 2.05) is 17.9 Å². The molecule has 0 radical (unpaired) electrons. The highest BCUT2D eigenvalue weighted by atomic mass is 32.2. The van der Waals surface area contributed by atoms with Crippen LogP contribution in [0.3, 0.4) is 0 Å². The first-order chi connectivity index (χ1) is 12.2. The molecule has 1 aliphatic heterocycles. The van der Waals surface area contributed by atoms with Crippen molar-refractivity contribution in [2.75, 3.05) is 38.5 Å². The van der Waals surface area contributed by atoms with Crippen molar-refractivity contribution in [1.29, 1.82) is 0 Å². The molecule has 138 valence electrons. The van der Waals surface area contributed by atoms with E-state index in [4.69, 9.17) is 0 Å². The highest BCUT2D eigenvalue weighted by Gasteiger charge is 2.18. The first kappa shape index (κ1) is 19.6. The molecule has 5 nitrogen and oxygen atoms in total. The predicted octanol–water partition coefficient (Wildman–Crippen LogP) is 2.49. The average Bonchev–Trinajstić information content (AvgIpc) is 3.02. The number of guanidine groups is 1. The SMILES string of the molecule is CCNC(=NCCCN1CCCC1=O)NCCSc1ccccc1F. The van der Waals surface area contributed by atoms with Crippen LogP contribution in [0.1, 0.15) is 26.2 Å². The van der Waals surface area contributed by atoms with Gasteiger partial charge in [0.05, 0.1) is 0 Å². The van der Waals surface area contributed by atoms with E-state index in [-0.39, 0.29) is 11.7 Å². The van der Waals surface area contributed by atoms with E-state index >= 15 is 0 Å². The Balaban J connectivity index is 1.66. The van der Waals surface area contributed by atoms with Crippen molar-refractivity contribution in [3.05, 3.63) is 30.1 Å². The van der Waals surface area contributed by atoms with Crippen molar-refractivity contribution in [1.82, 2.24) is 15.5 Å². The van der Waals surface area contributed by atoms with Crippen LogP contribution in [-0.2, 0) is 4.79 Å². The normalized spacial score (nSPS) is 14.9. The van der Waals surface area contributed by atoms with E-state index in [1.165, 1.54) is 17.8 Å². The second-order valence-corrected chi connectivity index (χ2v) is 6.94. The Morgan fingerprint density at radius 3 is 2.92 bits per heavy atom. The van der Waals surface area contributed by atoms with Crippen LogP contribution < -0.4 is 10.6 Å². The molecule has 1 aliphatic rings. The number of likely N-dealkylation sites (tertiary alicyclic amines) is 1. The molecule has 7 heteroatoms. The van der Waals surface area contributed by atoms with Crippen molar-refractivity contribution in [2.45, 2.75) is 31.1 Å². The third-order valence-corrected chi connectivity index (χ3v) is 4.91. The minimum atomic E-state index is -0.176. The van der Waals surface area contributed by atoms with Crippen LogP contribution in [0.15, 0.2) is 34.2 Å². The summed E-state index contributed by atoms with van der Waals surface area (Å²) in [5, 5.41) is 6.47. The number of thioether (sulfide) groups is 1. The van der Waals surface area contributed by atoms with Gasteiger partial charge >= 0.3 is 0 Å². The van der Waals surface area contributed by atoms with E-state index in [9.17, 15) is 9.18 Å². The summed E-state index contributed by atoms with van der Waals surface area (Å²) in [6.07, 6.45) is 2.53. The summed E-state index contributed by atoms with van der Waals surface area (Å²) in [5.41, 5.74) is 0. The fourth-order valence-electron chi connectivity index (χ4n) is 2.63. The van der Waals surface area contributed by atoms with E-state index in [0.29, 0.717) is 24.4 Å². The van der Waals surface area contributed by atoms with E-state index in [1.54, 1.807) is 12.1 Å². The number of hydrogen-bond acceptors (Lipinski definition) is 3. The van der Waals surface area contributed by atoms with Crippen LogP contribution >= 0.6 is 11.8 Å². The summed E-state index contributed by atoms with van der Waals surface area (Å²) in [6, 6.07) is 6.81. The monoisotopic (exact) mass is 366 g/mol. The molecule has 1 heterocycles. The van der Waals surface area contributed by atoms with Gasteiger partial charge in [-0.2, -0.15) is 0 Å². The number of carbonyl (C=O) groups is 1. The Morgan fingerprint density at radius 2 is 2.20 bits per heavy atom. The zero-order chi connectivity index (χ0) is 17.9. The number of aliphatic imine (C=N–C) groups is 1. The second kappa shape index (κ2) is 11.0. The Hall–Kier alpha value is -1.76. The molecular formula is C18H27FN4OS. The Morgan fingerprint density at radius 1 is 1.36 bits per heavy atom. The number of hydrogen-bond donors (Lipinski definition) is 2. The molecule has 1 aromatic carbocycles. The molecule has 1 fully saturated rings. The first-order valence-corrected chi connectivity index (χ1v) is 9.86. The molecule has 1 saturated heterocycles. The number of amides is 1. The highest BCUT2D eigenvalue weighted by molar-refractivity contribution is 7.99. The lowest BCUT2D eigenvalue weighted by atomic mass is 10.3. The van der Waals surface area contributed by atoms with Gasteiger partial charge in [0.2, 0.25) is 5.91 Å². The highest BCUT2D eigenvalue weighted by Crippen LogP contribution is 2.20. The van der Waals surface area contributed by atoms with E-state index in [2.05, 4.69) is 15.6 Å². The third kappa shape index (κ3) is 6.94. The number of nitrogens with zero attached hydrogens (tertiary/aromatic N) is 2. The van der Waals surface area contributed by atoms with E-state index < -0.39 is 0 Å². The van der Waals surface area contributed by atoms with Gasteiger partial charge in [-0.05, 0) is 31.9 Å². The van der Waals surface area contributed by atoms with Crippen molar-refractivity contribution >= 4 is 23.6 Å². The van der Waals surface area contributed by atoms with Crippen molar-refractivity contribution in [2.24, 2.45) is 4.99 Å². The second-order valence-electron chi connectivity index (χ2n) is 5.80. The first-order valence-electron chi connectivity index (χ1n) is 8.88. The number of benzene rings is 1. The van der Waals surface area contributed by atoms with Gasteiger partial charge in [0.15, 0.2) is 5.96 Å². The van der Waals surface area contributed by atoms with E-state index in [0.717, 1.165) is 44.2 Å². The molecule has 1 aromatic rings. The lowest BCUT2D eigenvalue weighted by molar-refractivity contribution is -0.127. The standard InChI is InChI=1S/C18H27FN4OS/c1-2-20-18(21-10-6-13-23-12-5-9-17(23)24)22-11-14-25-16-8-4-3-7-15(16)19/h3-4,7-8H,2,5-6,9-14H2,1H3,(H2,20,21,22). The molecule has 0 atom stereocenters. The predicted molar refractivity (Wildman–Crippen MR) is 102 cm³/mol. The van der Waals surface area contributed by atoms with Gasteiger partial charge < -0.3 is 15.5 Å². The fourth-order valence-corrected chi connectivity index (χ4v) is 3.43. The number of nitrogens with one attached hydrogen (secondary N) is 2. The average molecular weight is 367 g/mol. The van der Waals surface area contributed by atoms with Crippen molar-refractivity contribution in [3.8, 4) is 0 Å². The minimum absolute atomic E-state index is 0.176. The van der Waals surface area contributed by atoms with Gasteiger partial charge in [-0.3, -0.25) is 9.79 Å². The molecule has 25 heavy (non-hydrogen) atoms. The van der Waals surface area contributed by atoms with Crippen LogP contribution in [0.5, 0.6) is 0 Å². The maximum Gasteiger partial charge on any atom is 0.222 e. The molecule has 2 rings (SSSR count). The van der Waals surface area contributed by atoms with Crippen LogP contribution in [0.25, 0.3) is 0 Å². The minimum Gasteiger partial charge on any atom is -0.357 e. The summed E-state index contributed by atoms with van der Waals surface area (Å²) in [7, 11) is 0. The topological polar surface area (TPSA) is 56.7 Å². The maximum absolute atomic E-state index is 13.6. The zero-order valence-corrected chi connectivity index (χ0v) is 15.6.